The molecular formula is C30H39N5O5. The van der Waals surface area contributed by atoms with Crippen LogP contribution >= 0.6 is 0 Å². The van der Waals surface area contributed by atoms with Crippen molar-refractivity contribution in [2.24, 2.45) is 10.9 Å². The van der Waals surface area contributed by atoms with Crippen LogP contribution in [0, 0.1) is 5.92 Å². The number of ether oxygens (including phenoxy) is 1. The van der Waals surface area contributed by atoms with E-state index in [0.717, 1.165) is 28.9 Å². The molecular weight excluding hydrogens is 510 g/mol. The van der Waals surface area contributed by atoms with E-state index in [1.54, 1.807) is 43.1 Å². The minimum absolute atomic E-state index is 0.180. The molecule has 1 atom stereocenters. The zero-order valence-electron chi connectivity index (χ0n) is 24.2. The number of aliphatic imine (C=N–C) groups is 1. The van der Waals surface area contributed by atoms with Crippen LogP contribution in [0.3, 0.4) is 0 Å². The minimum atomic E-state index is -1.05. The number of carbonyl (C=O) groups excluding carboxylic acids is 3. The van der Waals surface area contributed by atoms with Gasteiger partial charge in [-0.05, 0) is 42.9 Å². The fraction of sp³-hybridized carbons (Fsp3) is 0.467. The van der Waals surface area contributed by atoms with Crippen LogP contribution in [0.2, 0.25) is 0 Å². The molecule has 0 aromatic carbocycles. The van der Waals surface area contributed by atoms with Gasteiger partial charge < -0.3 is 19.1 Å². The molecule has 2 aromatic rings. The molecule has 0 saturated heterocycles. The molecule has 0 radical (unpaired) electrons. The third kappa shape index (κ3) is 8.21. The largest absolute Gasteiger partial charge is 0.438 e. The van der Waals surface area contributed by atoms with Gasteiger partial charge in [-0.25, -0.2) is 4.79 Å². The molecule has 0 unspecified atom stereocenters. The molecule has 0 saturated carbocycles. The Morgan fingerprint density at radius 2 is 1.85 bits per heavy atom. The number of Topliss-reactive ketones (excluding diaryl/α,β-unsaturated/α-hetero) is 1. The van der Waals surface area contributed by atoms with Crippen molar-refractivity contribution in [2.75, 3.05) is 28.2 Å². The molecule has 2 amide bonds. The number of likely N-dealkylation sites (N-methyl/N-ethyl adjacent to an activating group) is 1. The van der Waals surface area contributed by atoms with Crippen molar-refractivity contribution in [2.45, 2.75) is 58.6 Å². The van der Waals surface area contributed by atoms with Crippen LogP contribution in [0.5, 0.6) is 0 Å². The van der Waals surface area contributed by atoms with Gasteiger partial charge in [0.25, 0.3) is 5.56 Å². The van der Waals surface area contributed by atoms with Crippen LogP contribution < -0.4 is 5.56 Å². The molecule has 10 nitrogen and oxygen atoms in total. The van der Waals surface area contributed by atoms with Crippen molar-refractivity contribution in [1.82, 2.24) is 19.4 Å². The summed E-state index contributed by atoms with van der Waals surface area (Å²) in [6.07, 6.45) is 8.59. The fourth-order valence-corrected chi connectivity index (χ4v) is 4.35. The van der Waals surface area contributed by atoms with Crippen LogP contribution in [-0.4, -0.2) is 77.1 Å². The lowest BCUT2D eigenvalue weighted by Gasteiger charge is -2.19. The molecule has 3 heterocycles. The summed E-state index contributed by atoms with van der Waals surface area (Å²) in [7, 11) is 6.34. The first-order chi connectivity index (χ1) is 19.0. The van der Waals surface area contributed by atoms with E-state index in [1.807, 2.05) is 12.4 Å². The average Bonchev–Trinajstić information content (AvgIpc) is 3.31. The first-order valence-electron chi connectivity index (χ1n) is 13.4. The predicted octanol–water partition coefficient (Wildman–Crippen LogP) is 3.37. The number of nitrogens with zero attached hydrogens (tertiary/aromatic N) is 5. The Hall–Kier alpha value is -4.08. The molecule has 214 valence electrons. The SMILES string of the molecule is CC(C)Cc1cncc2c1N=C(Cn1cccc(CC(=O)[C@H](CC/C=C/C(=O)N(C)C)OC(=O)N(C)C)c1=O)C2. The van der Waals surface area contributed by atoms with Crippen LogP contribution in [0.25, 0.3) is 0 Å². The summed E-state index contributed by atoms with van der Waals surface area (Å²) < 4.78 is 6.98. The lowest BCUT2D eigenvalue weighted by molar-refractivity contribution is -0.127. The molecule has 2 aromatic heterocycles. The van der Waals surface area contributed by atoms with Gasteiger partial charge in [-0.2, -0.15) is 0 Å². The Morgan fingerprint density at radius 3 is 2.52 bits per heavy atom. The minimum Gasteiger partial charge on any atom is -0.438 e. The summed E-state index contributed by atoms with van der Waals surface area (Å²) >= 11 is 0. The summed E-state index contributed by atoms with van der Waals surface area (Å²) in [6, 6.07) is 3.35. The maximum Gasteiger partial charge on any atom is 0.409 e. The number of hydrogen-bond acceptors (Lipinski definition) is 7. The number of carbonyl (C=O) groups is 3. The third-order valence-electron chi connectivity index (χ3n) is 6.44. The molecule has 0 bridgehead atoms. The van der Waals surface area contributed by atoms with Crippen LogP contribution in [0.4, 0.5) is 10.5 Å². The summed E-state index contributed by atoms with van der Waals surface area (Å²) in [4.78, 5) is 62.4. The molecule has 0 N–H and O–H groups in total. The Kier molecular flexibility index (Phi) is 10.5. The van der Waals surface area contributed by atoms with E-state index in [9.17, 15) is 19.2 Å². The van der Waals surface area contributed by atoms with E-state index < -0.39 is 12.2 Å². The van der Waals surface area contributed by atoms with Crippen molar-refractivity contribution < 1.29 is 19.1 Å². The molecule has 40 heavy (non-hydrogen) atoms. The molecule has 0 fully saturated rings. The van der Waals surface area contributed by atoms with Gasteiger partial charge >= 0.3 is 6.09 Å². The van der Waals surface area contributed by atoms with Crippen molar-refractivity contribution in [1.29, 1.82) is 0 Å². The highest BCUT2D eigenvalue weighted by Gasteiger charge is 2.25. The monoisotopic (exact) mass is 549 g/mol. The Bertz CT molecular complexity index is 1360. The summed E-state index contributed by atoms with van der Waals surface area (Å²) in [5.74, 6) is -0.0884. The molecule has 1 aliphatic heterocycles. The molecule has 0 spiro atoms. The van der Waals surface area contributed by atoms with Gasteiger partial charge in [0, 0.05) is 76.5 Å². The number of fused-ring (bicyclic) bond motifs is 1. The maximum atomic E-state index is 13.3. The maximum absolute atomic E-state index is 13.3. The van der Waals surface area contributed by atoms with Crippen molar-refractivity contribution in [3.05, 3.63) is 69.9 Å². The molecule has 10 heteroatoms. The second-order valence-corrected chi connectivity index (χ2v) is 10.8. The lowest BCUT2D eigenvalue weighted by Crippen LogP contribution is -2.35. The quantitative estimate of drug-likeness (QED) is 0.375. The van der Waals surface area contributed by atoms with Gasteiger partial charge in [0.15, 0.2) is 11.9 Å². The molecule has 3 rings (SSSR count). The number of hydrogen-bond donors (Lipinski definition) is 0. The number of amides is 2. The Morgan fingerprint density at radius 1 is 1.10 bits per heavy atom. The molecule has 1 aliphatic rings. The van der Waals surface area contributed by atoms with E-state index in [0.29, 0.717) is 30.9 Å². The fourth-order valence-electron chi connectivity index (χ4n) is 4.35. The van der Waals surface area contributed by atoms with E-state index in [2.05, 4.69) is 18.8 Å². The number of ketones is 1. The highest BCUT2D eigenvalue weighted by molar-refractivity contribution is 5.94. The normalized spacial score (nSPS) is 13.2. The van der Waals surface area contributed by atoms with Gasteiger partial charge in [-0.15, -0.1) is 0 Å². The van der Waals surface area contributed by atoms with Crippen LogP contribution in [0.1, 0.15) is 43.4 Å². The van der Waals surface area contributed by atoms with E-state index in [-0.39, 0.29) is 30.1 Å². The Balaban J connectivity index is 1.73. The summed E-state index contributed by atoms with van der Waals surface area (Å²) in [5.41, 5.74) is 3.99. The summed E-state index contributed by atoms with van der Waals surface area (Å²) in [6.45, 7) is 4.61. The Labute approximate surface area is 235 Å². The number of allylic oxidation sites excluding steroid dienone is 1. The third-order valence-corrected chi connectivity index (χ3v) is 6.44. The van der Waals surface area contributed by atoms with Gasteiger partial charge in [0.1, 0.15) is 0 Å². The topological polar surface area (TPSA) is 114 Å². The summed E-state index contributed by atoms with van der Waals surface area (Å²) in [5, 5.41) is 0. The van der Waals surface area contributed by atoms with Gasteiger partial charge in [-0.3, -0.25) is 24.4 Å². The molecule has 0 aliphatic carbocycles. The first-order valence-corrected chi connectivity index (χ1v) is 13.4. The average molecular weight is 550 g/mol. The highest BCUT2D eigenvalue weighted by Crippen LogP contribution is 2.31. The van der Waals surface area contributed by atoms with E-state index >= 15 is 0 Å². The lowest BCUT2D eigenvalue weighted by atomic mass is 10.0. The zero-order chi connectivity index (χ0) is 29.4. The standard InChI is InChI=1S/C30H39N5O5/c1-20(2)14-22-17-31-18-23-15-24(32-28(22)23)19-35-13-9-10-21(29(35)38)16-25(36)26(40-30(39)34(5)6)11-7-8-12-27(37)33(3)4/h8-10,12-13,17-18,20,26H,7,11,14-16,19H2,1-6H3/b12-8+/t26-/m0/s1. The van der Waals surface area contributed by atoms with Crippen molar-refractivity contribution in [3.8, 4) is 0 Å². The van der Waals surface area contributed by atoms with Gasteiger partial charge in [-0.1, -0.05) is 26.0 Å². The van der Waals surface area contributed by atoms with Crippen molar-refractivity contribution in [3.63, 3.8) is 0 Å². The first kappa shape index (κ1) is 30.5. The van der Waals surface area contributed by atoms with Crippen molar-refractivity contribution >= 4 is 29.2 Å². The highest BCUT2D eigenvalue weighted by atomic mass is 16.6. The number of pyridine rings is 2. The second-order valence-electron chi connectivity index (χ2n) is 10.8. The second kappa shape index (κ2) is 13.8. The van der Waals surface area contributed by atoms with Gasteiger partial charge in [0.2, 0.25) is 5.91 Å². The van der Waals surface area contributed by atoms with Gasteiger partial charge in [0.05, 0.1) is 12.2 Å². The van der Waals surface area contributed by atoms with E-state index in [4.69, 9.17) is 9.73 Å². The van der Waals surface area contributed by atoms with Crippen LogP contribution in [-0.2, 0) is 40.1 Å². The smallest absolute Gasteiger partial charge is 0.409 e. The predicted molar refractivity (Wildman–Crippen MR) is 154 cm³/mol. The number of aromatic nitrogens is 2. The zero-order valence-corrected chi connectivity index (χ0v) is 24.2. The van der Waals surface area contributed by atoms with Crippen LogP contribution in [0.15, 0.2) is 52.7 Å². The van der Waals surface area contributed by atoms with E-state index in [1.165, 1.54) is 30.0 Å². The number of rotatable bonds is 12.